The Bertz CT molecular complexity index is 528. The van der Waals surface area contributed by atoms with Crippen LogP contribution in [0.1, 0.15) is 0 Å². The van der Waals surface area contributed by atoms with Crippen molar-refractivity contribution in [3.63, 3.8) is 0 Å². The van der Waals surface area contributed by atoms with Crippen LogP contribution in [-0.4, -0.2) is 26.5 Å². The highest BCUT2D eigenvalue weighted by atomic mass is 32.2. The second-order valence-corrected chi connectivity index (χ2v) is 5.03. The molecule has 0 aromatic heterocycles. The highest BCUT2D eigenvalue weighted by molar-refractivity contribution is 7.98. The molecule has 3 nitrogen and oxygen atoms in total. The molecule has 0 saturated heterocycles. The van der Waals surface area contributed by atoms with Gasteiger partial charge in [-0.05, 0) is 42.7 Å². The first-order valence-electron chi connectivity index (χ1n) is 6.47. The molecular formula is C16H19NO2S. The summed E-state index contributed by atoms with van der Waals surface area (Å²) in [5.74, 6) is 1.53. The number of rotatable bonds is 7. The third kappa shape index (κ3) is 4.10. The van der Waals surface area contributed by atoms with Gasteiger partial charge < -0.3 is 14.8 Å². The summed E-state index contributed by atoms with van der Waals surface area (Å²) in [6.07, 6.45) is 2.07. The molecule has 0 spiro atoms. The standard InChI is InChI=1S/C16H19NO2S/c1-18-15-5-3-4-6-16(15)19-12-11-17-13-7-9-14(20-2)10-8-13/h3-10,17H,11-12H2,1-2H3. The van der Waals surface area contributed by atoms with E-state index in [0.29, 0.717) is 6.61 Å². The van der Waals surface area contributed by atoms with E-state index in [2.05, 4.69) is 35.8 Å². The molecule has 0 radical (unpaired) electrons. The lowest BCUT2D eigenvalue weighted by Crippen LogP contribution is -2.11. The first kappa shape index (κ1) is 14.6. The molecule has 0 aliphatic rings. The topological polar surface area (TPSA) is 30.5 Å². The van der Waals surface area contributed by atoms with E-state index in [-0.39, 0.29) is 0 Å². The molecule has 0 aliphatic heterocycles. The molecule has 0 atom stereocenters. The highest BCUT2D eigenvalue weighted by Crippen LogP contribution is 2.25. The maximum absolute atomic E-state index is 5.70. The van der Waals surface area contributed by atoms with Crippen LogP contribution < -0.4 is 14.8 Å². The van der Waals surface area contributed by atoms with Crippen LogP contribution in [-0.2, 0) is 0 Å². The van der Waals surface area contributed by atoms with Gasteiger partial charge in [-0.25, -0.2) is 0 Å². The van der Waals surface area contributed by atoms with Gasteiger partial charge in [-0.1, -0.05) is 12.1 Å². The monoisotopic (exact) mass is 289 g/mol. The van der Waals surface area contributed by atoms with Crippen molar-refractivity contribution in [3.8, 4) is 11.5 Å². The van der Waals surface area contributed by atoms with Gasteiger partial charge in [0.1, 0.15) is 6.61 Å². The molecule has 1 N–H and O–H groups in total. The van der Waals surface area contributed by atoms with Crippen LogP contribution >= 0.6 is 11.8 Å². The van der Waals surface area contributed by atoms with Crippen molar-refractivity contribution in [1.82, 2.24) is 0 Å². The summed E-state index contributed by atoms with van der Waals surface area (Å²) in [7, 11) is 1.65. The van der Waals surface area contributed by atoms with Crippen molar-refractivity contribution in [2.75, 3.05) is 31.8 Å². The van der Waals surface area contributed by atoms with Gasteiger partial charge in [-0.2, -0.15) is 0 Å². The third-order valence-corrected chi connectivity index (χ3v) is 3.59. The fourth-order valence-corrected chi connectivity index (χ4v) is 2.21. The fraction of sp³-hybridized carbons (Fsp3) is 0.250. The second kappa shape index (κ2) is 7.70. The predicted octanol–water partition coefficient (Wildman–Crippen LogP) is 3.91. The molecule has 0 bridgehead atoms. The number of methoxy groups -OCH3 is 1. The van der Waals surface area contributed by atoms with Gasteiger partial charge in [0.05, 0.1) is 7.11 Å². The number of anilines is 1. The zero-order chi connectivity index (χ0) is 14.2. The average Bonchev–Trinajstić information content (AvgIpc) is 2.52. The Morgan fingerprint density at radius 1 is 1.00 bits per heavy atom. The van der Waals surface area contributed by atoms with E-state index in [4.69, 9.17) is 9.47 Å². The van der Waals surface area contributed by atoms with Crippen molar-refractivity contribution >= 4 is 17.4 Å². The van der Waals surface area contributed by atoms with E-state index in [9.17, 15) is 0 Å². The Kier molecular flexibility index (Phi) is 5.62. The Balaban J connectivity index is 1.78. The summed E-state index contributed by atoms with van der Waals surface area (Å²) in [5, 5.41) is 3.33. The first-order chi connectivity index (χ1) is 9.83. The molecule has 0 unspecified atom stereocenters. The van der Waals surface area contributed by atoms with E-state index in [1.807, 2.05) is 24.3 Å². The lowest BCUT2D eigenvalue weighted by molar-refractivity contribution is 0.306. The molecule has 2 rings (SSSR count). The highest BCUT2D eigenvalue weighted by Gasteiger charge is 2.01. The van der Waals surface area contributed by atoms with Crippen LogP contribution in [0.5, 0.6) is 11.5 Å². The average molecular weight is 289 g/mol. The van der Waals surface area contributed by atoms with Crippen LogP contribution in [0, 0.1) is 0 Å². The smallest absolute Gasteiger partial charge is 0.161 e. The van der Waals surface area contributed by atoms with Crippen molar-refractivity contribution in [2.45, 2.75) is 4.90 Å². The van der Waals surface area contributed by atoms with Crippen LogP contribution in [0.15, 0.2) is 53.4 Å². The lowest BCUT2D eigenvalue weighted by atomic mass is 10.3. The summed E-state index contributed by atoms with van der Waals surface area (Å²) in [4.78, 5) is 1.26. The Labute approximate surface area is 124 Å². The van der Waals surface area contributed by atoms with Gasteiger partial charge in [-0.15, -0.1) is 11.8 Å². The zero-order valence-electron chi connectivity index (χ0n) is 11.8. The lowest BCUT2D eigenvalue weighted by Gasteiger charge is -2.11. The summed E-state index contributed by atoms with van der Waals surface area (Å²) >= 11 is 1.74. The molecule has 106 valence electrons. The number of hydrogen-bond donors (Lipinski definition) is 1. The van der Waals surface area contributed by atoms with Crippen LogP contribution in [0.4, 0.5) is 5.69 Å². The predicted molar refractivity (Wildman–Crippen MR) is 85.2 cm³/mol. The minimum absolute atomic E-state index is 0.588. The molecule has 0 saturated carbocycles. The Morgan fingerprint density at radius 2 is 1.70 bits per heavy atom. The largest absolute Gasteiger partial charge is 0.493 e. The van der Waals surface area contributed by atoms with E-state index in [1.54, 1.807) is 18.9 Å². The SMILES string of the molecule is COc1ccccc1OCCNc1ccc(SC)cc1. The normalized spacial score (nSPS) is 10.1. The van der Waals surface area contributed by atoms with Gasteiger partial charge in [0.15, 0.2) is 11.5 Å². The summed E-state index contributed by atoms with van der Waals surface area (Å²) in [5.41, 5.74) is 1.10. The van der Waals surface area contributed by atoms with Gasteiger partial charge in [0.2, 0.25) is 0 Å². The third-order valence-electron chi connectivity index (χ3n) is 2.85. The molecular weight excluding hydrogens is 270 g/mol. The van der Waals surface area contributed by atoms with Crippen molar-refractivity contribution < 1.29 is 9.47 Å². The van der Waals surface area contributed by atoms with Crippen molar-refractivity contribution in [1.29, 1.82) is 0 Å². The van der Waals surface area contributed by atoms with E-state index in [1.165, 1.54) is 4.90 Å². The van der Waals surface area contributed by atoms with E-state index in [0.717, 1.165) is 23.7 Å². The minimum atomic E-state index is 0.588. The molecule has 2 aromatic carbocycles. The molecule has 4 heteroatoms. The molecule has 0 heterocycles. The number of hydrogen-bond acceptors (Lipinski definition) is 4. The zero-order valence-corrected chi connectivity index (χ0v) is 12.6. The number of ether oxygens (including phenoxy) is 2. The number of benzene rings is 2. The number of nitrogens with one attached hydrogen (secondary N) is 1. The van der Waals surface area contributed by atoms with Crippen LogP contribution in [0.25, 0.3) is 0 Å². The quantitative estimate of drug-likeness (QED) is 0.618. The van der Waals surface area contributed by atoms with Gasteiger partial charge in [-0.3, -0.25) is 0 Å². The maximum atomic E-state index is 5.70. The van der Waals surface area contributed by atoms with Gasteiger partial charge in [0.25, 0.3) is 0 Å². The fourth-order valence-electron chi connectivity index (χ4n) is 1.80. The van der Waals surface area contributed by atoms with Crippen LogP contribution in [0.3, 0.4) is 0 Å². The number of thioether (sulfide) groups is 1. The van der Waals surface area contributed by atoms with Crippen molar-refractivity contribution in [2.24, 2.45) is 0 Å². The molecule has 0 aliphatic carbocycles. The maximum Gasteiger partial charge on any atom is 0.161 e. The summed E-state index contributed by atoms with van der Waals surface area (Å²) < 4.78 is 10.9. The van der Waals surface area contributed by atoms with Gasteiger partial charge in [0, 0.05) is 17.1 Å². The van der Waals surface area contributed by atoms with E-state index < -0.39 is 0 Å². The Morgan fingerprint density at radius 3 is 2.35 bits per heavy atom. The molecule has 2 aromatic rings. The van der Waals surface area contributed by atoms with Gasteiger partial charge >= 0.3 is 0 Å². The molecule has 0 amide bonds. The van der Waals surface area contributed by atoms with E-state index >= 15 is 0 Å². The molecule has 0 fully saturated rings. The summed E-state index contributed by atoms with van der Waals surface area (Å²) in [6.45, 7) is 1.33. The Hall–Kier alpha value is -1.81. The minimum Gasteiger partial charge on any atom is -0.493 e. The van der Waals surface area contributed by atoms with Crippen molar-refractivity contribution in [3.05, 3.63) is 48.5 Å². The number of para-hydroxylation sites is 2. The van der Waals surface area contributed by atoms with Crippen LogP contribution in [0.2, 0.25) is 0 Å². The first-order valence-corrected chi connectivity index (χ1v) is 7.69. The molecule has 20 heavy (non-hydrogen) atoms. The summed E-state index contributed by atoms with van der Waals surface area (Å²) in [6, 6.07) is 16.0. The second-order valence-electron chi connectivity index (χ2n) is 4.15.